The Morgan fingerprint density at radius 1 is 1.19 bits per heavy atom. The molecule has 0 unspecified atom stereocenters. The number of rotatable bonds is 6. The van der Waals surface area contributed by atoms with E-state index >= 15 is 0 Å². The highest BCUT2D eigenvalue weighted by atomic mass is 32.1. The molecule has 1 aliphatic heterocycles. The third kappa shape index (κ3) is 3.12. The van der Waals surface area contributed by atoms with Crippen LogP contribution in [0.4, 0.5) is 0 Å². The molecule has 4 heterocycles. The molecule has 0 amide bonds. The van der Waals surface area contributed by atoms with Crippen LogP contribution in [0.2, 0.25) is 0 Å². The molecule has 134 valence electrons. The minimum Gasteiger partial charge on any atom is -0.467 e. The van der Waals surface area contributed by atoms with Gasteiger partial charge in [-0.05, 0) is 55.0 Å². The Balaban J connectivity index is 1.73. The summed E-state index contributed by atoms with van der Waals surface area (Å²) in [5.74, 6) is 0.937. The van der Waals surface area contributed by atoms with Crippen LogP contribution < -0.4 is 5.32 Å². The van der Waals surface area contributed by atoms with Crippen molar-refractivity contribution in [1.82, 2.24) is 19.8 Å². The maximum Gasteiger partial charge on any atom is 0.170 e. The quantitative estimate of drug-likeness (QED) is 0.670. The van der Waals surface area contributed by atoms with Gasteiger partial charge in [0.1, 0.15) is 5.76 Å². The number of pyridine rings is 1. The third-order valence-corrected chi connectivity index (χ3v) is 5.09. The smallest absolute Gasteiger partial charge is 0.170 e. The Morgan fingerprint density at radius 2 is 2.12 bits per heavy atom. The Labute approximate surface area is 158 Å². The van der Waals surface area contributed by atoms with Gasteiger partial charge in [-0.1, -0.05) is 13.0 Å². The van der Waals surface area contributed by atoms with E-state index in [-0.39, 0.29) is 12.1 Å². The zero-order valence-corrected chi connectivity index (χ0v) is 15.5. The van der Waals surface area contributed by atoms with Gasteiger partial charge >= 0.3 is 0 Å². The molecule has 1 N–H and O–H groups in total. The standard InChI is InChI=1S/C20H22N4OS/c1-2-11-24-19(18(22-20(24)26)16-8-3-4-10-21-16)17-9-5-12-23(17)14-15-7-6-13-25-15/h3-10,12-13,18-19H,2,11,14H2,1H3,(H,22,26)/t18-,19+/m0/s1. The summed E-state index contributed by atoms with van der Waals surface area (Å²) in [6.45, 7) is 3.79. The maximum atomic E-state index is 5.65. The van der Waals surface area contributed by atoms with Crippen molar-refractivity contribution in [2.45, 2.75) is 32.0 Å². The summed E-state index contributed by atoms with van der Waals surface area (Å²) in [5, 5.41) is 4.28. The van der Waals surface area contributed by atoms with E-state index in [0.717, 1.165) is 29.5 Å². The lowest BCUT2D eigenvalue weighted by molar-refractivity contribution is 0.303. The summed E-state index contributed by atoms with van der Waals surface area (Å²) in [5.41, 5.74) is 2.21. The zero-order valence-electron chi connectivity index (χ0n) is 14.7. The van der Waals surface area contributed by atoms with Gasteiger partial charge in [-0.15, -0.1) is 0 Å². The molecule has 0 radical (unpaired) electrons. The van der Waals surface area contributed by atoms with Gasteiger partial charge < -0.3 is 19.2 Å². The molecule has 0 bridgehead atoms. The second kappa shape index (κ2) is 7.33. The molecule has 2 atom stereocenters. The second-order valence-corrected chi connectivity index (χ2v) is 6.85. The van der Waals surface area contributed by atoms with Crippen LogP contribution in [-0.4, -0.2) is 26.1 Å². The van der Waals surface area contributed by atoms with E-state index in [9.17, 15) is 0 Å². The predicted molar refractivity (Wildman–Crippen MR) is 105 cm³/mol. The number of furan rings is 1. The fourth-order valence-corrected chi connectivity index (χ4v) is 3.95. The first kappa shape index (κ1) is 16.8. The summed E-state index contributed by atoms with van der Waals surface area (Å²) >= 11 is 5.65. The largest absolute Gasteiger partial charge is 0.467 e. The molecule has 1 saturated heterocycles. The zero-order chi connectivity index (χ0) is 17.9. The molecule has 6 heteroatoms. The number of thiocarbonyl (C=S) groups is 1. The van der Waals surface area contributed by atoms with Gasteiger partial charge in [-0.25, -0.2) is 0 Å². The lowest BCUT2D eigenvalue weighted by Crippen LogP contribution is -2.31. The van der Waals surface area contributed by atoms with Crippen molar-refractivity contribution in [2.24, 2.45) is 0 Å². The van der Waals surface area contributed by atoms with Crippen LogP contribution in [0.5, 0.6) is 0 Å². The lowest BCUT2D eigenvalue weighted by atomic mass is 10.0. The maximum absolute atomic E-state index is 5.65. The van der Waals surface area contributed by atoms with Crippen molar-refractivity contribution in [3.63, 3.8) is 0 Å². The van der Waals surface area contributed by atoms with E-state index in [2.05, 4.69) is 51.1 Å². The van der Waals surface area contributed by atoms with Crippen molar-refractivity contribution >= 4 is 17.3 Å². The lowest BCUT2D eigenvalue weighted by Gasteiger charge is -2.28. The summed E-state index contributed by atoms with van der Waals surface area (Å²) < 4.78 is 7.78. The molecular formula is C20H22N4OS. The monoisotopic (exact) mass is 366 g/mol. The highest BCUT2D eigenvalue weighted by Crippen LogP contribution is 2.38. The van der Waals surface area contributed by atoms with E-state index in [1.165, 1.54) is 5.69 Å². The number of hydrogen-bond acceptors (Lipinski definition) is 3. The van der Waals surface area contributed by atoms with E-state index < -0.39 is 0 Å². The highest BCUT2D eigenvalue weighted by Gasteiger charge is 2.40. The first-order valence-corrected chi connectivity index (χ1v) is 9.34. The molecule has 3 aromatic heterocycles. The molecule has 0 aliphatic carbocycles. The van der Waals surface area contributed by atoms with Crippen LogP contribution in [0, 0.1) is 0 Å². The number of aromatic nitrogens is 2. The van der Waals surface area contributed by atoms with Gasteiger partial charge in [0.15, 0.2) is 5.11 Å². The highest BCUT2D eigenvalue weighted by molar-refractivity contribution is 7.80. The summed E-state index contributed by atoms with van der Waals surface area (Å²) in [6.07, 6.45) is 6.68. The van der Waals surface area contributed by atoms with Crippen LogP contribution in [0.3, 0.4) is 0 Å². The first-order chi connectivity index (χ1) is 12.8. The average Bonchev–Trinajstić information content (AvgIpc) is 3.39. The molecule has 1 fully saturated rings. The summed E-state index contributed by atoms with van der Waals surface area (Å²) in [7, 11) is 0. The van der Waals surface area contributed by atoms with Gasteiger partial charge in [-0.3, -0.25) is 4.98 Å². The Morgan fingerprint density at radius 3 is 2.85 bits per heavy atom. The van der Waals surface area contributed by atoms with Crippen LogP contribution >= 0.6 is 12.2 Å². The van der Waals surface area contributed by atoms with Crippen molar-refractivity contribution in [3.05, 3.63) is 78.3 Å². The van der Waals surface area contributed by atoms with Crippen molar-refractivity contribution < 1.29 is 4.42 Å². The van der Waals surface area contributed by atoms with E-state index in [1.807, 2.05) is 30.5 Å². The molecule has 3 aromatic rings. The average molecular weight is 366 g/mol. The van der Waals surface area contributed by atoms with Crippen molar-refractivity contribution in [2.75, 3.05) is 6.54 Å². The fourth-order valence-electron chi connectivity index (χ4n) is 3.62. The molecular weight excluding hydrogens is 344 g/mol. The minimum atomic E-state index is 0.0282. The van der Waals surface area contributed by atoms with Crippen molar-refractivity contribution in [3.8, 4) is 0 Å². The van der Waals surface area contributed by atoms with Crippen molar-refractivity contribution in [1.29, 1.82) is 0 Å². The molecule has 1 aliphatic rings. The van der Waals surface area contributed by atoms with E-state index in [0.29, 0.717) is 6.54 Å². The van der Waals surface area contributed by atoms with Gasteiger partial charge in [0.2, 0.25) is 0 Å². The first-order valence-electron chi connectivity index (χ1n) is 8.93. The van der Waals surface area contributed by atoms with Crippen LogP contribution in [0.25, 0.3) is 0 Å². The third-order valence-electron chi connectivity index (χ3n) is 4.74. The predicted octanol–water partition coefficient (Wildman–Crippen LogP) is 3.91. The van der Waals surface area contributed by atoms with Gasteiger partial charge in [0.25, 0.3) is 0 Å². The molecule has 0 aromatic carbocycles. The van der Waals surface area contributed by atoms with Gasteiger partial charge in [-0.2, -0.15) is 0 Å². The summed E-state index contributed by atoms with van der Waals surface area (Å²) in [4.78, 5) is 6.86. The Hall–Kier alpha value is -2.60. The van der Waals surface area contributed by atoms with E-state index in [4.69, 9.17) is 16.6 Å². The van der Waals surface area contributed by atoms with E-state index in [1.54, 1.807) is 6.26 Å². The normalized spacial score (nSPS) is 19.7. The topological polar surface area (TPSA) is 46.2 Å². The number of nitrogens with one attached hydrogen (secondary N) is 1. The Kier molecular flexibility index (Phi) is 4.75. The molecule has 5 nitrogen and oxygen atoms in total. The van der Waals surface area contributed by atoms with Crippen LogP contribution in [0.1, 0.15) is 42.6 Å². The van der Waals surface area contributed by atoms with Crippen LogP contribution in [0.15, 0.2) is 65.5 Å². The molecule has 0 spiro atoms. The Bertz CT molecular complexity index is 859. The van der Waals surface area contributed by atoms with Gasteiger partial charge in [0.05, 0.1) is 30.6 Å². The SMILES string of the molecule is CCCN1C(=S)N[C@@H](c2ccccn2)[C@H]1c1cccn1Cc1ccco1. The molecule has 4 rings (SSSR count). The summed E-state index contributed by atoms with van der Waals surface area (Å²) in [6, 6.07) is 14.3. The second-order valence-electron chi connectivity index (χ2n) is 6.46. The number of nitrogens with zero attached hydrogens (tertiary/aromatic N) is 3. The minimum absolute atomic E-state index is 0.0282. The molecule has 26 heavy (non-hydrogen) atoms. The van der Waals surface area contributed by atoms with Crippen LogP contribution in [-0.2, 0) is 6.54 Å². The molecule has 0 saturated carbocycles. The van der Waals surface area contributed by atoms with Gasteiger partial charge in [0, 0.05) is 24.6 Å². The number of hydrogen-bond donors (Lipinski definition) is 1. The fraction of sp³-hybridized carbons (Fsp3) is 0.300.